The molecule has 0 amide bonds. The van der Waals surface area contributed by atoms with Crippen molar-refractivity contribution >= 4 is 15.9 Å². The minimum Gasteiger partial charge on any atom is -1.00 e. The van der Waals surface area contributed by atoms with Crippen molar-refractivity contribution in [2.24, 2.45) is 0 Å². The van der Waals surface area contributed by atoms with E-state index < -0.39 is 0 Å². The maximum atomic E-state index is 3.60. The third kappa shape index (κ3) is 11.7. The molecule has 0 saturated heterocycles. The summed E-state index contributed by atoms with van der Waals surface area (Å²) in [5, 5.41) is 1.14. The third-order valence-electron chi connectivity index (χ3n) is 3.48. The Hall–Kier alpha value is 0.920. The molecule has 0 aromatic heterocycles. The molecule has 1 nitrogen and oxygen atoms in total. The SMILES string of the molecule is CCCCCC[N+](C)(CCBr)CCCCC.[Br-]. The van der Waals surface area contributed by atoms with Gasteiger partial charge in [0, 0.05) is 0 Å². The second-order valence-corrected chi connectivity index (χ2v) is 6.04. The lowest BCUT2D eigenvalue weighted by molar-refractivity contribution is -0.907. The van der Waals surface area contributed by atoms with E-state index in [1.165, 1.54) is 69.1 Å². The molecule has 0 aliphatic carbocycles. The summed E-state index contributed by atoms with van der Waals surface area (Å²) in [6.45, 7) is 8.60. The van der Waals surface area contributed by atoms with Crippen molar-refractivity contribution in [3.05, 3.63) is 0 Å². The van der Waals surface area contributed by atoms with Crippen LogP contribution in [0, 0.1) is 0 Å². The summed E-state index contributed by atoms with van der Waals surface area (Å²) in [6, 6.07) is 0. The van der Waals surface area contributed by atoms with Gasteiger partial charge >= 0.3 is 0 Å². The Morgan fingerprint density at radius 1 is 0.765 bits per heavy atom. The van der Waals surface area contributed by atoms with Crippen molar-refractivity contribution < 1.29 is 21.5 Å². The zero-order valence-corrected chi connectivity index (χ0v) is 15.2. The summed E-state index contributed by atoms with van der Waals surface area (Å²) in [6.07, 6.45) is 9.70. The van der Waals surface area contributed by atoms with E-state index in [1.54, 1.807) is 0 Å². The van der Waals surface area contributed by atoms with Crippen LogP contribution in [0.3, 0.4) is 0 Å². The molecule has 1 atom stereocenters. The van der Waals surface area contributed by atoms with Gasteiger partial charge < -0.3 is 21.5 Å². The molecule has 1 unspecified atom stereocenters. The van der Waals surface area contributed by atoms with Gasteiger partial charge in [-0.3, -0.25) is 0 Å². The first kappa shape index (κ1) is 20.2. The average Bonchev–Trinajstić information content (AvgIpc) is 2.25. The van der Waals surface area contributed by atoms with Crippen LogP contribution in [0.1, 0.15) is 58.8 Å². The summed E-state index contributed by atoms with van der Waals surface area (Å²) in [7, 11) is 2.43. The Labute approximate surface area is 128 Å². The summed E-state index contributed by atoms with van der Waals surface area (Å²) in [5.41, 5.74) is 0. The van der Waals surface area contributed by atoms with Gasteiger partial charge in [0.1, 0.15) is 0 Å². The molecule has 0 aliphatic rings. The molecular weight excluding hydrogens is 342 g/mol. The molecule has 106 valence electrons. The van der Waals surface area contributed by atoms with Crippen LogP contribution in [0.4, 0.5) is 0 Å². The van der Waals surface area contributed by atoms with Gasteiger partial charge in [-0.2, -0.15) is 0 Å². The van der Waals surface area contributed by atoms with Crippen LogP contribution in [0.5, 0.6) is 0 Å². The van der Waals surface area contributed by atoms with E-state index in [0.29, 0.717) is 0 Å². The van der Waals surface area contributed by atoms with Crippen molar-refractivity contribution in [1.82, 2.24) is 0 Å². The Kier molecular flexibility index (Phi) is 15.9. The first-order chi connectivity index (χ1) is 7.68. The van der Waals surface area contributed by atoms with Crippen molar-refractivity contribution in [1.29, 1.82) is 0 Å². The van der Waals surface area contributed by atoms with Crippen molar-refractivity contribution in [2.75, 3.05) is 32.0 Å². The van der Waals surface area contributed by atoms with E-state index in [-0.39, 0.29) is 17.0 Å². The van der Waals surface area contributed by atoms with Crippen LogP contribution in [0.25, 0.3) is 0 Å². The third-order valence-corrected chi connectivity index (χ3v) is 3.83. The Morgan fingerprint density at radius 3 is 1.71 bits per heavy atom. The molecule has 0 spiro atoms. The minimum atomic E-state index is 0. The number of rotatable bonds is 11. The van der Waals surface area contributed by atoms with E-state index in [9.17, 15) is 0 Å². The largest absolute Gasteiger partial charge is 1.00 e. The smallest absolute Gasteiger partial charge is 0.0883 e. The summed E-state index contributed by atoms with van der Waals surface area (Å²) in [4.78, 5) is 0. The van der Waals surface area contributed by atoms with Crippen molar-refractivity contribution in [3.63, 3.8) is 0 Å². The molecule has 0 aliphatic heterocycles. The normalized spacial score (nSPS) is 14.1. The molecule has 0 heterocycles. The Morgan fingerprint density at radius 2 is 1.24 bits per heavy atom. The van der Waals surface area contributed by atoms with Gasteiger partial charge in [-0.15, -0.1) is 0 Å². The molecule has 0 saturated carbocycles. The van der Waals surface area contributed by atoms with Gasteiger partial charge in [-0.25, -0.2) is 0 Å². The zero-order valence-electron chi connectivity index (χ0n) is 12.0. The number of quaternary nitrogens is 1. The fourth-order valence-corrected chi connectivity index (χ4v) is 3.06. The van der Waals surface area contributed by atoms with Crippen LogP contribution < -0.4 is 17.0 Å². The van der Waals surface area contributed by atoms with E-state index in [1.807, 2.05) is 0 Å². The van der Waals surface area contributed by atoms with Gasteiger partial charge in [-0.1, -0.05) is 49.0 Å². The van der Waals surface area contributed by atoms with Gasteiger partial charge in [0.05, 0.1) is 32.0 Å². The number of halogens is 2. The number of hydrogen-bond donors (Lipinski definition) is 0. The van der Waals surface area contributed by atoms with Crippen LogP contribution in [-0.4, -0.2) is 36.5 Å². The van der Waals surface area contributed by atoms with Crippen LogP contribution in [-0.2, 0) is 0 Å². The van der Waals surface area contributed by atoms with Crippen LogP contribution in [0.15, 0.2) is 0 Å². The summed E-state index contributed by atoms with van der Waals surface area (Å²) >= 11 is 3.60. The maximum Gasteiger partial charge on any atom is 0.0883 e. The highest BCUT2D eigenvalue weighted by atomic mass is 79.9. The lowest BCUT2D eigenvalue weighted by Gasteiger charge is -2.34. The lowest BCUT2D eigenvalue weighted by atomic mass is 10.1. The molecule has 0 fully saturated rings. The molecular formula is C14H31Br2N. The molecule has 3 heteroatoms. The van der Waals surface area contributed by atoms with Gasteiger partial charge in [0.25, 0.3) is 0 Å². The first-order valence-corrected chi connectivity index (χ1v) is 8.20. The van der Waals surface area contributed by atoms with Crippen molar-refractivity contribution in [3.8, 4) is 0 Å². The summed E-state index contributed by atoms with van der Waals surface area (Å²) in [5.74, 6) is 0. The quantitative estimate of drug-likeness (QED) is 0.293. The molecule has 0 bridgehead atoms. The average molecular weight is 373 g/mol. The summed E-state index contributed by atoms with van der Waals surface area (Å²) < 4.78 is 1.27. The fraction of sp³-hybridized carbons (Fsp3) is 1.00. The lowest BCUT2D eigenvalue weighted by Crippen LogP contribution is -3.00. The minimum absolute atomic E-state index is 0. The standard InChI is InChI=1S/C14H31BrN.BrH/c1-4-6-8-10-13-16(3,14-11-15)12-9-7-5-2;/h4-14H2,1-3H3;1H/q+1;/p-1. The van der Waals surface area contributed by atoms with Gasteiger partial charge in [0.15, 0.2) is 0 Å². The van der Waals surface area contributed by atoms with E-state index in [0.717, 1.165) is 5.33 Å². The van der Waals surface area contributed by atoms with E-state index >= 15 is 0 Å². The molecule has 0 radical (unpaired) electrons. The zero-order chi connectivity index (χ0) is 12.3. The molecule has 0 rings (SSSR count). The Bertz CT molecular complexity index is 153. The molecule has 0 aromatic carbocycles. The number of unbranched alkanes of at least 4 members (excludes halogenated alkanes) is 5. The topological polar surface area (TPSA) is 0 Å². The first-order valence-electron chi connectivity index (χ1n) is 7.08. The van der Waals surface area contributed by atoms with Crippen LogP contribution >= 0.6 is 15.9 Å². The predicted octanol–water partition coefficient (Wildman–Crippen LogP) is 1.60. The number of hydrogen-bond acceptors (Lipinski definition) is 0. The number of alkyl halides is 1. The highest BCUT2D eigenvalue weighted by molar-refractivity contribution is 9.09. The predicted molar refractivity (Wildman–Crippen MR) is 78.2 cm³/mol. The van der Waals surface area contributed by atoms with E-state index in [4.69, 9.17) is 0 Å². The van der Waals surface area contributed by atoms with Crippen molar-refractivity contribution in [2.45, 2.75) is 58.8 Å². The second kappa shape index (κ2) is 13.4. The molecule has 17 heavy (non-hydrogen) atoms. The fourth-order valence-electron chi connectivity index (χ4n) is 2.20. The number of nitrogens with zero attached hydrogens (tertiary/aromatic N) is 1. The maximum absolute atomic E-state index is 3.60. The Balaban J connectivity index is 0. The van der Waals surface area contributed by atoms with Gasteiger partial charge in [-0.05, 0) is 25.7 Å². The van der Waals surface area contributed by atoms with Gasteiger partial charge in [0.2, 0.25) is 0 Å². The second-order valence-electron chi connectivity index (χ2n) is 5.25. The molecule has 0 N–H and O–H groups in total. The van der Waals surface area contributed by atoms with Crippen LogP contribution in [0.2, 0.25) is 0 Å². The molecule has 0 aromatic rings. The highest BCUT2D eigenvalue weighted by Crippen LogP contribution is 2.11. The monoisotopic (exact) mass is 371 g/mol. The van der Waals surface area contributed by atoms with E-state index in [2.05, 4.69) is 36.8 Å². The highest BCUT2D eigenvalue weighted by Gasteiger charge is 2.19.